The van der Waals surface area contributed by atoms with E-state index in [0.29, 0.717) is 32.3 Å². The Labute approximate surface area is 219 Å². The maximum atomic E-state index is 12.6. The monoisotopic (exact) mass is 557 g/mol. The van der Waals surface area contributed by atoms with Crippen LogP contribution in [-0.4, -0.2) is 45.4 Å². The third kappa shape index (κ3) is 6.07. The van der Waals surface area contributed by atoms with Gasteiger partial charge in [0.05, 0.1) is 28.3 Å². The van der Waals surface area contributed by atoms with Crippen molar-refractivity contribution in [2.45, 2.75) is 25.1 Å². The Kier molecular flexibility index (Phi) is 8.65. The summed E-state index contributed by atoms with van der Waals surface area (Å²) in [7, 11) is 2.95. The third-order valence-corrected chi connectivity index (χ3v) is 7.56. The Bertz CT molecular complexity index is 1290. The van der Waals surface area contributed by atoms with Crippen molar-refractivity contribution in [2.75, 3.05) is 18.2 Å². The molecule has 1 aromatic carbocycles. The van der Waals surface area contributed by atoms with Crippen molar-refractivity contribution >= 4 is 69.1 Å². The third-order valence-electron chi connectivity index (χ3n) is 4.77. The van der Waals surface area contributed by atoms with E-state index in [4.69, 9.17) is 38.4 Å². The summed E-state index contributed by atoms with van der Waals surface area (Å²) in [6.07, 6.45) is -0.504. The smallest absolute Gasteiger partial charge is 0.341 e. The van der Waals surface area contributed by atoms with E-state index < -0.39 is 23.9 Å². The average molecular weight is 558 g/mol. The van der Waals surface area contributed by atoms with Gasteiger partial charge in [-0.15, -0.1) is 21.5 Å². The first-order valence-electron chi connectivity index (χ1n) is 9.98. The topological polar surface area (TPSA) is 138 Å². The summed E-state index contributed by atoms with van der Waals surface area (Å²) in [5.74, 6) is -0.916. The number of nitrogens with zero attached hydrogens (tertiary/aromatic N) is 3. The molecule has 0 bridgehead atoms. The second-order valence-electron chi connectivity index (χ2n) is 7.19. The summed E-state index contributed by atoms with van der Waals surface area (Å²) in [6, 6.07) is 4.90. The molecule has 3 rings (SSSR count). The largest absolute Gasteiger partial charge is 0.481 e. The van der Waals surface area contributed by atoms with E-state index in [-0.39, 0.29) is 21.2 Å². The van der Waals surface area contributed by atoms with Crippen LogP contribution in [0.25, 0.3) is 0 Å². The van der Waals surface area contributed by atoms with Gasteiger partial charge in [0.25, 0.3) is 5.91 Å². The fraction of sp³-hybridized carbons (Fsp3) is 0.286. The number of anilines is 1. The van der Waals surface area contributed by atoms with Gasteiger partial charge in [0.15, 0.2) is 17.1 Å². The molecule has 0 saturated heterocycles. The number of hydrogen-bond donors (Lipinski definition) is 2. The number of thioether (sulfide) groups is 1. The lowest BCUT2D eigenvalue weighted by Gasteiger charge is -2.15. The summed E-state index contributed by atoms with van der Waals surface area (Å²) in [5.41, 5.74) is 5.82. The van der Waals surface area contributed by atoms with E-state index >= 15 is 0 Å². The van der Waals surface area contributed by atoms with E-state index in [0.717, 1.165) is 23.1 Å². The number of aromatic nitrogens is 3. The average Bonchev–Trinajstić information content (AvgIpc) is 3.33. The number of carbonyl (C=O) groups excluding carboxylic acids is 3. The minimum atomic E-state index is -0.699. The minimum Gasteiger partial charge on any atom is -0.481 e. The maximum Gasteiger partial charge on any atom is 0.341 e. The maximum absolute atomic E-state index is 12.6. The predicted octanol–water partition coefficient (Wildman–Crippen LogP) is 4.25. The highest BCUT2D eigenvalue weighted by Crippen LogP contribution is 2.34. The zero-order valence-corrected chi connectivity index (χ0v) is 22.2. The molecule has 0 aliphatic heterocycles. The van der Waals surface area contributed by atoms with Gasteiger partial charge in [-0.2, -0.15) is 0 Å². The molecule has 14 heteroatoms. The van der Waals surface area contributed by atoms with Gasteiger partial charge in [-0.3, -0.25) is 9.59 Å². The predicted molar refractivity (Wildman–Crippen MR) is 135 cm³/mol. The first kappa shape index (κ1) is 26.8. The number of nitrogens with two attached hydrogens (primary N) is 1. The van der Waals surface area contributed by atoms with Crippen LogP contribution in [-0.2, 0) is 16.6 Å². The van der Waals surface area contributed by atoms with Crippen molar-refractivity contribution in [2.24, 2.45) is 12.8 Å². The zero-order valence-electron chi connectivity index (χ0n) is 19.0. The first-order valence-corrected chi connectivity index (χ1v) is 12.5. The number of methoxy groups -OCH3 is 1. The van der Waals surface area contributed by atoms with Gasteiger partial charge in [-0.1, -0.05) is 35.0 Å². The molecule has 35 heavy (non-hydrogen) atoms. The second-order valence-corrected chi connectivity index (χ2v) is 9.99. The lowest BCUT2D eigenvalue weighted by molar-refractivity contribution is -0.113. The molecule has 1 unspecified atom stereocenters. The van der Waals surface area contributed by atoms with Gasteiger partial charge < -0.3 is 25.1 Å². The first-order chi connectivity index (χ1) is 16.5. The molecule has 0 aliphatic rings. The molecule has 2 heterocycles. The van der Waals surface area contributed by atoms with Crippen LogP contribution in [0.2, 0.25) is 10.0 Å². The van der Waals surface area contributed by atoms with E-state index in [1.54, 1.807) is 43.7 Å². The van der Waals surface area contributed by atoms with Crippen molar-refractivity contribution in [3.63, 3.8) is 0 Å². The van der Waals surface area contributed by atoms with Gasteiger partial charge in [0, 0.05) is 18.1 Å². The molecule has 0 aliphatic carbocycles. The number of hydrogen-bond acceptors (Lipinski definition) is 9. The van der Waals surface area contributed by atoms with Crippen LogP contribution in [0.5, 0.6) is 5.75 Å². The molecular weight excluding hydrogens is 537 g/mol. The summed E-state index contributed by atoms with van der Waals surface area (Å²) < 4.78 is 12.3. The number of carbonyl (C=O) groups is 3. The SMILES string of the molecule is COC(=O)c1c(NC(=O)CSc2nnc(C(C)Oc3cc(Cl)ccc3Cl)n2C)sc(C(N)=O)c1C. The number of primary amides is 1. The van der Waals surface area contributed by atoms with Crippen LogP contribution in [0, 0.1) is 6.92 Å². The Balaban J connectivity index is 1.69. The fourth-order valence-corrected chi connectivity index (χ4v) is 5.20. The second kappa shape index (κ2) is 11.3. The number of thiophene rings is 1. The fourth-order valence-electron chi connectivity index (χ4n) is 3.09. The standard InChI is InChI=1S/C21H21Cl2N5O5S2/c1-9-15(20(31)32-4)19(35-16(9)17(24)30)25-14(29)8-34-21-27-26-18(28(21)3)10(2)33-13-7-11(22)5-6-12(13)23/h5-7,10H,8H2,1-4H3,(H2,24,30)(H,25,29). The number of esters is 1. The summed E-state index contributed by atoms with van der Waals surface area (Å²) in [4.78, 5) is 36.6. The van der Waals surface area contributed by atoms with Crippen molar-refractivity contribution in [1.82, 2.24) is 14.8 Å². The van der Waals surface area contributed by atoms with Gasteiger partial charge in [-0.05, 0) is 31.5 Å². The van der Waals surface area contributed by atoms with Crippen molar-refractivity contribution in [1.29, 1.82) is 0 Å². The highest BCUT2D eigenvalue weighted by Gasteiger charge is 2.26. The van der Waals surface area contributed by atoms with Crippen LogP contribution in [0.1, 0.15) is 44.4 Å². The molecule has 0 fully saturated rings. The normalized spacial score (nSPS) is 11.7. The molecular formula is C21H21Cl2N5O5S2. The highest BCUT2D eigenvalue weighted by atomic mass is 35.5. The molecule has 0 radical (unpaired) electrons. The van der Waals surface area contributed by atoms with Crippen LogP contribution in [0.15, 0.2) is 23.4 Å². The molecule has 10 nitrogen and oxygen atoms in total. The zero-order chi connectivity index (χ0) is 25.9. The van der Waals surface area contributed by atoms with Crippen molar-refractivity contribution in [3.05, 3.63) is 50.1 Å². The van der Waals surface area contributed by atoms with E-state index in [1.165, 1.54) is 7.11 Å². The Hall–Kier alpha value is -2.80. The number of nitrogens with one attached hydrogen (secondary N) is 1. The Morgan fingerprint density at radius 1 is 1.29 bits per heavy atom. The number of rotatable bonds is 9. The molecule has 0 saturated carbocycles. The number of benzene rings is 1. The summed E-state index contributed by atoms with van der Waals surface area (Å²) in [6.45, 7) is 3.35. The van der Waals surface area contributed by atoms with Crippen LogP contribution in [0.3, 0.4) is 0 Å². The lowest BCUT2D eigenvalue weighted by atomic mass is 10.1. The molecule has 3 aromatic rings. The molecule has 0 spiro atoms. The lowest BCUT2D eigenvalue weighted by Crippen LogP contribution is -2.16. The van der Waals surface area contributed by atoms with E-state index in [1.807, 2.05) is 0 Å². The van der Waals surface area contributed by atoms with E-state index in [9.17, 15) is 14.4 Å². The number of ether oxygens (including phenoxy) is 2. The molecule has 3 N–H and O–H groups in total. The van der Waals surface area contributed by atoms with E-state index in [2.05, 4.69) is 15.5 Å². The summed E-state index contributed by atoms with van der Waals surface area (Å²) >= 11 is 14.2. The highest BCUT2D eigenvalue weighted by molar-refractivity contribution is 7.99. The van der Waals surface area contributed by atoms with Gasteiger partial charge >= 0.3 is 5.97 Å². The Morgan fingerprint density at radius 3 is 2.66 bits per heavy atom. The van der Waals surface area contributed by atoms with Gasteiger partial charge in [-0.25, -0.2) is 4.79 Å². The Morgan fingerprint density at radius 2 is 2.00 bits per heavy atom. The minimum absolute atomic E-state index is 0.0369. The molecule has 186 valence electrons. The van der Waals surface area contributed by atoms with Crippen LogP contribution < -0.4 is 15.8 Å². The molecule has 2 aromatic heterocycles. The summed E-state index contributed by atoms with van der Waals surface area (Å²) in [5, 5.41) is 12.5. The molecule has 1 atom stereocenters. The van der Waals surface area contributed by atoms with Crippen molar-refractivity contribution < 1.29 is 23.9 Å². The van der Waals surface area contributed by atoms with Crippen LogP contribution in [0.4, 0.5) is 5.00 Å². The number of halogens is 2. The van der Waals surface area contributed by atoms with Crippen molar-refractivity contribution in [3.8, 4) is 5.75 Å². The van der Waals surface area contributed by atoms with Crippen LogP contribution >= 0.6 is 46.3 Å². The number of amides is 2. The quantitative estimate of drug-likeness (QED) is 0.294. The van der Waals surface area contributed by atoms with Gasteiger partial charge in [0.1, 0.15) is 10.8 Å². The molecule has 2 amide bonds. The van der Waals surface area contributed by atoms with Gasteiger partial charge in [0.2, 0.25) is 5.91 Å².